The number of nitrogens with one attached hydrogen (secondary N) is 2. The number of rotatable bonds is 4. The summed E-state index contributed by atoms with van der Waals surface area (Å²) in [6.07, 6.45) is -0.425. The molecule has 1 aromatic carbocycles. The van der Waals surface area contributed by atoms with Crippen molar-refractivity contribution in [1.29, 1.82) is 0 Å². The summed E-state index contributed by atoms with van der Waals surface area (Å²) in [7, 11) is 0. The van der Waals surface area contributed by atoms with E-state index < -0.39 is 11.7 Å². The summed E-state index contributed by atoms with van der Waals surface area (Å²) in [6.45, 7) is 13.7. The van der Waals surface area contributed by atoms with E-state index in [9.17, 15) is 4.79 Å². The molecule has 0 saturated carbocycles. The second kappa shape index (κ2) is 6.94. The Kier molecular flexibility index (Phi) is 5.78. The van der Waals surface area contributed by atoms with E-state index in [-0.39, 0.29) is 5.41 Å². The first-order valence-electron chi connectivity index (χ1n) is 7.35. The molecule has 0 bridgehead atoms. The Morgan fingerprint density at radius 2 is 1.71 bits per heavy atom. The number of para-hydroxylation sites is 1. The van der Waals surface area contributed by atoms with Gasteiger partial charge in [0.2, 0.25) is 0 Å². The van der Waals surface area contributed by atoms with Crippen molar-refractivity contribution in [2.75, 3.05) is 11.9 Å². The van der Waals surface area contributed by atoms with E-state index in [2.05, 4.69) is 31.4 Å². The number of hydrogen-bond donors (Lipinski definition) is 2. The molecule has 0 aliphatic carbocycles. The number of hydrogen-bond acceptors (Lipinski definition) is 3. The van der Waals surface area contributed by atoms with Crippen LogP contribution in [-0.2, 0) is 11.3 Å². The Bertz CT molecular complexity index is 470. The Labute approximate surface area is 128 Å². The second-order valence-corrected chi connectivity index (χ2v) is 7.45. The number of carbonyl (C=O) groups excluding carboxylic acids is 1. The molecule has 0 spiro atoms. The molecule has 0 aromatic heterocycles. The van der Waals surface area contributed by atoms with E-state index in [0.29, 0.717) is 6.54 Å². The fourth-order valence-electron chi connectivity index (χ4n) is 1.78. The van der Waals surface area contributed by atoms with E-state index in [1.54, 1.807) is 0 Å². The van der Waals surface area contributed by atoms with Gasteiger partial charge >= 0.3 is 6.09 Å². The molecule has 0 heterocycles. The average Bonchev–Trinajstić information content (AvgIpc) is 2.27. The minimum Gasteiger partial charge on any atom is -0.444 e. The first-order valence-corrected chi connectivity index (χ1v) is 7.35. The van der Waals surface area contributed by atoms with Crippen LogP contribution in [0, 0.1) is 5.41 Å². The third-order valence-corrected chi connectivity index (χ3v) is 2.62. The number of ether oxygens (including phenoxy) is 1. The fourth-order valence-corrected chi connectivity index (χ4v) is 1.78. The zero-order chi connectivity index (χ0) is 16.1. The summed E-state index contributed by atoms with van der Waals surface area (Å²) >= 11 is 0. The molecule has 0 atom stereocenters. The van der Waals surface area contributed by atoms with Crippen LogP contribution in [0.15, 0.2) is 24.3 Å². The Hall–Kier alpha value is -1.55. The van der Waals surface area contributed by atoms with E-state index >= 15 is 0 Å². The van der Waals surface area contributed by atoms with Gasteiger partial charge in [-0.25, -0.2) is 4.79 Å². The maximum Gasteiger partial charge on any atom is 0.412 e. The third-order valence-electron chi connectivity index (χ3n) is 2.62. The highest BCUT2D eigenvalue weighted by atomic mass is 16.6. The lowest BCUT2D eigenvalue weighted by atomic mass is 9.97. The molecule has 0 saturated heterocycles. The SMILES string of the molecule is CC(C)(C)CNCc1ccccc1NC(=O)OC(C)(C)C. The Morgan fingerprint density at radius 1 is 1.10 bits per heavy atom. The molecule has 0 radical (unpaired) electrons. The van der Waals surface area contributed by atoms with Crippen LogP contribution in [-0.4, -0.2) is 18.2 Å². The van der Waals surface area contributed by atoms with Gasteiger partial charge in [0.05, 0.1) is 0 Å². The van der Waals surface area contributed by atoms with Gasteiger partial charge in [-0.05, 0) is 37.8 Å². The van der Waals surface area contributed by atoms with Crippen molar-refractivity contribution >= 4 is 11.8 Å². The molecule has 2 N–H and O–H groups in total. The predicted molar refractivity (Wildman–Crippen MR) is 87.5 cm³/mol. The van der Waals surface area contributed by atoms with Crippen LogP contribution in [0.5, 0.6) is 0 Å². The lowest BCUT2D eigenvalue weighted by Crippen LogP contribution is -2.29. The lowest BCUT2D eigenvalue weighted by molar-refractivity contribution is 0.0635. The van der Waals surface area contributed by atoms with Crippen molar-refractivity contribution in [3.05, 3.63) is 29.8 Å². The van der Waals surface area contributed by atoms with Gasteiger partial charge < -0.3 is 10.1 Å². The standard InChI is InChI=1S/C17H28N2O2/c1-16(2,3)12-18-11-13-9-7-8-10-14(13)19-15(20)21-17(4,5)6/h7-10,18H,11-12H2,1-6H3,(H,19,20). The summed E-state index contributed by atoms with van der Waals surface area (Å²) < 4.78 is 5.28. The van der Waals surface area contributed by atoms with E-state index in [1.165, 1.54) is 0 Å². The summed E-state index contributed by atoms with van der Waals surface area (Å²) in [5, 5.41) is 6.22. The molecule has 118 valence electrons. The van der Waals surface area contributed by atoms with Crippen LogP contribution < -0.4 is 10.6 Å². The first kappa shape index (κ1) is 17.5. The smallest absolute Gasteiger partial charge is 0.412 e. The maximum absolute atomic E-state index is 11.9. The highest BCUT2D eigenvalue weighted by Gasteiger charge is 2.17. The van der Waals surface area contributed by atoms with E-state index in [0.717, 1.165) is 17.8 Å². The van der Waals surface area contributed by atoms with Crippen LogP contribution >= 0.6 is 0 Å². The number of carbonyl (C=O) groups is 1. The molecular formula is C17H28N2O2. The van der Waals surface area contributed by atoms with Crippen molar-refractivity contribution < 1.29 is 9.53 Å². The molecule has 0 aliphatic rings. The topological polar surface area (TPSA) is 50.4 Å². The summed E-state index contributed by atoms with van der Waals surface area (Å²) in [5.41, 5.74) is 1.57. The van der Waals surface area contributed by atoms with Crippen molar-refractivity contribution in [3.63, 3.8) is 0 Å². The van der Waals surface area contributed by atoms with Gasteiger partial charge in [-0.3, -0.25) is 5.32 Å². The molecule has 1 aromatic rings. The van der Waals surface area contributed by atoms with Crippen molar-refractivity contribution in [1.82, 2.24) is 5.32 Å². The highest BCUT2D eigenvalue weighted by molar-refractivity contribution is 5.85. The van der Waals surface area contributed by atoms with Crippen molar-refractivity contribution in [2.45, 2.75) is 53.7 Å². The van der Waals surface area contributed by atoms with Gasteiger partial charge in [0, 0.05) is 18.8 Å². The molecule has 4 heteroatoms. The van der Waals surface area contributed by atoms with Crippen LogP contribution in [0.25, 0.3) is 0 Å². The van der Waals surface area contributed by atoms with E-state index in [1.807, 2.05) is 45.0 Å². The highest BCUT2D eigenvalue weighted by Crippen LogP contribution is 2.17. The molecule has 0 unspecified atom stereocenters. The second-order valence-electron chi connectivity index (χ2n) is 7.45. The van der Waals surface area contributed by atoms with Crippen LogP contribution in [0.2, 0.25) is 0 Å². The first-order chi connectivity index (χ1) is 9.57. The average molecular weight is 292 g/mol. The molecule has 1 amide bonds. The van der Waals surface area contributed by atoms with Gasteiger partial charge in [0.15, 0.2) is 0 Å². The van der Waals surface area contributed by atoms with Gasteiger partial charge in [-0.1, -0.05) is 39.0 Å². The fraction of sp³-hybridized carbons (Fsp3) is 0.588. The van der Waals surface area contributed by atoms with Gasteiger partial charge in [0.1, 0.15) is 5.60 Å². The molecule has 0 aliphatic heterocycles. The number of benzene rings is 1. The Morgan fingerprint density at radius 3 is 2.29 bits per heavy atom. The number of anilines is 1. The minimum absolute atomic E-state index is 0.230. The van der Waals surface area contributed by atoms with Crippen molar-refractivity contribution in [2.24, 2.45) is 5.41 Å². The zero-order valence-electron chi connectivity index (χ0n) is 14.0. The molecule has 0 fully saturated rings. The maximum atomic E-state index is 11.9. The minimum atomic E-state index is -0.497. The Balaban J connectivity index is 2.65. The lowest BCUT2D eigenvalue weighted by Gasteiger charge is -2.21. The molecule has 1 rings (SSSR count). The van der Waals surface area contributed by atoms with Gasteiger partial charge in [-0.2, -0.15) is 0 Å². The van der Waals surface area contributed by atoms with Gasteiger partial charge in [-0.15, -0.1) is 0 Å². The third kappa shape index (κ3) is 7.71. The molecular weight excluding hydrogens is 264 g/mol. The van der Waals surface area contributed by atoms with Crippen LogP contribution in [0.3, 0.4) is 0 Å². The molecule has 21 heavy (non-hydrogen) atoms. The van der Waals surface area contributed by atoms with Crippen LogP contribution in [0.1, 0.15) is 47.1 Å². The summed E-state index contributed by atoms with van der Waals surface area (Å²) in [4.78, 5) is 11.9. The monoisotopic (exact) mass is 292 g/mol. The quantitative estimate of drug-likeness (QED) is 0.875. The predicted octanol–water partition coefficient (Wildman–Crippen LogP) is 4.17. The largest absolute Gasteiger partial charge is 0.444 e. The van der Waals surface area contributed by atoms with Crippen molar-refractivity contribution in [3.8, 4) is 0 Å². The number of amides is 1. The summed E-state index contributed by atoms with van der Waals surface area (Å²) in [6, 6.07) is 7.76. The molecule has 4 nitrogen and oxygen atoms in total. The zero-order valence-corrected chi connectivity index (χ0v) is 14.0. The normalized spacial score (nSPS) is 12.1. The van der Waals surface area contributed by atoms with E-state index in [4.69, 9.17) is 4.74 Å². The van der Waals surface area contributed by atoms with Crippen LogP contribution in [0.4, 0.5) is 10.5 Å². The van der Waals surface area contributed by atoms with Gasteiger partial charge in [0.25, 0.3) is 0 Å². The summed E-state index contributed by atoms with van der Waals surface area (Å²) in [5.74, 6) is 0.